The monoisotopic (exact) mass is 791 g/mol. The second-order valence-electron chi connectivity index (χ2n) is 17.8. The molecule has 56 heavy (non-hydrogen) atoms. The fraction of sp³-hybridized carbons (Fsp3) is 0.962. The SMILES string of the molecule is CCCCCCCCCCCCCCCCCCCC(=O)OC(CCCCCCCCCCC)OC(=O)CCCCCCCCCCCCCCCCCCC. The Morgan fingerprint density at radius 3 is 0.661 bits per heavy atom. The number of hydrogen-bond acceptors (Lipinski definition) is 4. The third kappa shape index (κ3) is 45.6. The Labute approximate surface area is 352 Å². The number of rotatable bonds is 48. The summed E-state index contributed by atoms with van der Waals surface area (Å²) in [5, 5.41) is 0. The zero-order valence-electron chi connectivity index (χ0n) is 38.7. The number of ether oxygens (including phenoxy) is 2. The molecule has 0 unspecified atom stereocenters. The summed E-state index contributed by atoms with van der Waals surface area (Å²) in [5.41, 5.74) is 0. The van der Waals surface area contributed by atoms with Gasteiger partial charge in [0.05, 0.1) is 0 Å². The maximum absolute atomic E-state index is 12.8. The van der Waals surface area contributed by atoms with E-state index in [0.29, 0.717) is 19.3 Å². The van der Waals surface area contributed by atoms with Gasteiger partial charge < -0.3 is 9.47 Å². The molecule has 0 aromatic rings. The highest BCUT2D eigenvalue weighted by atomic mass is 16.7. The summed E-state index contributed by atoms with van der Waals surface area (Å²) in [6.45, 7) is 6.84. The van der Waals surface area contributed by atoms with E-state index in [1.54, 1.807) is 0 Å². The van der Waals surface area contributed by atoms with Gasteiger partial charge in [-0.2, -0.15) is 0 Å². The van der Waals surface area contributed by atoms with Gasteiger partial charge in [0.2, 0.25) is 6.29 Å². The third-order valence-corrected chi connectivity index (χ3v) is 12.0. The smallest absolute Gasteiger partial charge is 0.308 e. The number of hydrogen-bond donors (Lipinski definition) is 0. The van der Waals surface area contributed by atoms with Gasteiger partial charge in [-0.25, -0.2) is 0 Å². The van der Waals surface area contributed by atoms with Crippen molar-refractivity contribution in [2.24, 2.45) is 0 Å². The van der Waals surface area contributed by atoms with Crippen LogP contribution in [-0.4, -0.2) is 18.2 Å². The maximum Gasteiger partial charge on any atom is 0.308 e. The number of esters is 2. The van der Waals surface area contributed by atoms with Crippen LogP contribution in [0.3, 0.4) is 0 Å². The molecule has 0 aromatic carbocycles. The second kappa shape index (κ2) is 48.3. The highest BCUT2D eigenvalue weighted by Gasteiger charge is 2.19. The normalized spacial score (nSPS) is 11.5. The summed E-state index contributed by atoms with van der Waals surface area (Å²) in [6, 6.07) is 0. The first kappa shape index (κ1) is 54.9. The molecule has 0 spiro atoms. The number of carbonyl (C=O) groups excluding carboxylic acids is 2. The van der Waals surface area contributed by atoms with Crippen molar-refractivity contribution in [3.05, 3.63) is 0 Å². The molecular formula is C52H102O4. The van der Waals surface area contributed by atoms with Gasteiger partial charge in [0, 0.05) is 19.3 Å². The standard InChI is InChI=1S/C52H102O4/c1-4-7-10-13-16-19-21-23-25-27-29-31-33-36-38-41-44-47-50(53)55-52(49-46-43-40-35-18-15-12-9-6-3)56-51(54)48-45-42-39-37-34-32-30-28-26-24-22-20-17-14-11-8-5-2/h52H,4-49H2,1-3H3. The second-order valence-corrected chi connectivity index (χ2v) is 17.8. The molecule has 0 aliphatic rings. The van der Waals surface area contributed by atoms with E-state index >= 15 is 0 Å². The van der Waals surface area contributed by atoms with E-state index in [1.165, 1.54) is 238 Å². The topological polar surface area (TPSA) is 52.6 Å². The highest BCUT2D eigenvalue weighted by Crippen LogP contribution is 2.19. The van der Waals surface area contributed by atoms with Crippen molar-refractivity contribution >= 4 is 11.9 Å². The van der Waals surface area contributed by atoms with Crippen LogP contribution in [-0.2, 0) is 19.1 Å². The zero-order chi connectivity index (χ0) is 40.7. The van der Waals surface area contributed by atoms with Crippen LogP contribution in [0.5, 0.6) is 0 Å². The summed E-state index contributed by atoms with van der Waals surface area (Å²) in [4.78, 5) is 25.5. The molecule has 4 heteroatoms. The Kier molecular flexibility index (Phi) is 47.4. The number of carbonyl (C=O) groups is 2. The minimum Gasteiger partial charge on any atom is -0.425 e. The lowest BCUT2D eigenvalue weighted by Crippen LogP contribution is -2.24. The molecule has 0 amide bonds. The van der Waals surface area contributed by atoms with Crippen molar-refractivity contribution in [3.63, 3.8) is 0 Å². The van der Waals surface area contributed by atoms with Gasteiger partial charge in [-0.05, 0) is 19.3 Å². The Bertz CT molecular complexity index is 714. The van der Waals surface area contributed by atoms with E-state index in [-0.39, 0.29) is 11.9 Å². The predicted molar refractivity (Wildman–Crippen MR) is 245 cm³/mol. The van der Waals surface area contributed by atoms with Gasteiger partial charge in [-0.1, -0.05) is 278 Å². The molecule has 0 heterocycles. The van der Waals surface area contributed by atoms with Crippen molar-refractivity contribution in [2.75, 3.05) is 0 Å². The van der Waals surface area contributed by atoms with Crippen LogP contribution < -0.4 is 0 Å². The fourth-order valence-electron chi connectivity index (χ4n) is 8.16. The van der Waals surface area contributed by atoms with Crippen LogP contribution in [0.15, 0.2) is 0 Å². The van der Waals surface area contributed by atoms with Gasteiger partial charge in [-0.15, -0.1) is 0 Å². The van der Waals surface area contributed by atoms with Gasteiger partial charge in [-0.3, -0.25) is 9.59 Å². The minimum absolute atomic E-state index is 0.197. The van der Waals surface area contributed by atoms with Gasteiger partial charge in [0.25, 0.3) is 0 Å². The van der Waals surface area contributed by atoms with E-state index in [0.717, 1.165) is 38.5 Å². The first-order valence-corrected chi connectivity index (χ1v) is 26.0. The van der Waals surface area contributed by atoms with Crippen LogP contribution in [0.1, 0.15) is 316 Å². The lowest BCUT2D eigenvalue weighted by Gasteiger charge is -2.18. The van der Waals surface area contributed by atoms with Crippen LogP contribution in [0.2, 0.25) is 0 Å². The first-order valence-electron chi connectivity index (χ1n) is 26.0. The van der Waals surface area contributed by atoms with E-state index in [4.69, 9.17) is 9.47 Å². The highest BCUT2D eigenvalue weighted by molar-refractivity contribution is 5.71. The summed E-state index contributed by atoms with van der Waals surface area (Å²) in [6.07, 6.45) is 57.1. The minimum atomic E-state index is -0.712. The molecular weight excluding hydrogens is 689 g/mol. The first-order chi connectivity index (χ1) is 27.6. The Morgan fingerprint density at radius 2 is 0.446 bits per heavy atom. The summed E-state index contributed by atoms with van der Waals surface area (Å²) in [5.74, 6) is -0.394. The van der Waals surface area contributed by atoms with Crippen LogP contribution >= 0.6 is 0 Å². The van der Waals surface area contributed by atoms with Gasteiger partial charge >= 0.3 is 11.9 Å². The molecule has 0 N–H and O–H groups in total. The van der Waals surface area contributed by atoms with E-state index < -0.39 is 6.29 Å². The average molecular weight is 791 g/mol. The molecule has 0 saturated heterocycles. The maximum atomic E-state index is 12.8. The average Bonchev–Trinajstić information content (AvgIpc) is 3.19. The molecule has 0 radical (unpaired) electrons. The predicted octanol–water partition coefficient (Wildman–Crippen LogP) is 18.4. The van der Waals surface area contributed by atoms with Crippen LogP contribution in [0.4, 0.5) is 0 Å². The van der Waals surface area contributed by atoms with Crippen LogP contribution in [0, 0.1) is 0 Å². The van der Waals surface area contributed by atoms with Crippen molar-refractivity contribution in [1.82, 2.24) is 0 Å². The third-order valence-electron chi connectivity index (χ3n) is 12.0. The Balaban J connectivity index is 4.05. The van der Waals surface area contributed by atoms with Crippen molar-refractivity contribution in [2.45, 2.75) is 322 Å². The largest absolute Gasteiger partial charge is 0.425 e. The van der Waals surface area contributed by atoms with Crippen molar-refractivity contribution < 1.29 is 19.1 Å². The molecule has 0 aliphatic carbocycles. The molecule has 0 rings (SSSR count). The van der Waals surface area contributed by atoms with E-state index in [1.807, 2.05) is 0 Å². The lowest BCUT2D eigenvalue weighted by molar-refractivity contribution is -0.189. The molecule has 0 atom stereocenters. The molecule has 0 fully saturated rings. The molecule has 334 valence electrons. The zero-order valence-corrected chi connectivity index (χ0v) is 38.7. The Hall–Kier alpha value is -1.06. The Morgan fingerprint density at radius 1 is 0.268 bits per heavy atom. The summed E-state index contributed by atoms with van der Waals surface area (Å²) < 4.78 is 11.6. The molecule has 0 aliphatic heterocycles. The fourth-order valence-corrected chi connectivity index (χ4v) is 8.16. The van der Waals surface area contributed by atoms with Crippen LogP contribution in [0.25, 0.3) is 0 Å². The van der Waals surface area contributed by atoms with E-state index in [9.17, 15) is 9.59 Å². The lowest BCUT2D eigenvalue weighted by atomic mass is 10.0. The molecule has 0 bridgehead atoms. The summed E-state index contributed by atoms with van der Waals surface area (Å²) >= 11 is 0. The van der Waals surface area contributed by atoms with E-state index in [2.05, 4.69) is 20.8 Å². The van der Waals surface area contributed by atoms with Crippen molar-refractivity contribution in [1.29, 1.82) is 0 Å². The van der Waals surface area contributed by atoms with Gasteiger partial charge in [0.1, 0.15) is 0 Å². The van der Waals surface area contributed by atoms with Gasteiger partial charge in [0.15, 0.2) is 0 Å². The summed E-state index contributed by atoms with van der Waals surface area (Å²) in [7, 11) is 0. The number of unbranched alkanes of at least 4 members (excludes halogenated alkanes) is 40. The quantitative estimate of drug-likeness (QED) is 0.0350. The van der Waals surface area contributed by atoms with Crippen molar-refractivity contribution in [3.8, 4) is 0 Å². The molecule has 4 nitrogen and oxygen atoms in total. The molecule has 0 saturated carbocycles. The molecule has 0 aromatic heterocycles.